The maximum absolute atomic E-state index is 9.75. The smallest absolute Gasteiger partial charge is 0.418 e. The number of rotatable bonds is 12. The van der Waals surface area contributed by atoms with Gasteiger partial charge in [0.2, 0.25) is 0 Å². The van der Waals surface area contributed by atoms with E-state index in [1.165, 1.54) is 82.0 Å². The van der Waals surface area contributed by atoms with Gasteiger partial charge in [-0.05, 0) is 25.7 Å². The van der Waals surface area contributed by atoms with E-state index in [9.17, 15) is 34.5 Å². The van der Waals surface area contributed by atoms with Crippen LogP contribution in [0.4, 0.5) is 34.5 Å². The van der Waals surface area contributed by atoms with Gasteiger partial charge in [0.25, 0.3) is 0 Å². The fourth-order valence-corrected chi connectivity index (χ4v) is 2.64. The average molecular weight is 434 g/mol. The van der Waals surface area contributed by atoms with Crippen LogP contribution in [-0.2, 0) is 0 Å². The lowest BCUT2D eigenvalue weighted by molar-refractivity contribution is -0.929. The summed E-state index contributed by atoms with van der Waals surface area (Å²) in [5, 5.41) is 0. The standard InChI is InChI=1S/C16H36N.2BF4.H3N/c1-5-9-13-17(14-10-6-2,15-11-7-3)16-12-8-4;2*2-1(3,4)5;/h5-16H2,1-4H3;;;1H3/q+1;2*-1;/p+1. The van der Waals surface area contributed by atoms with Crippen molar-refractivity contribution in [1.82, 2.24) is 6.15 Å². The molecule has 0 aliphatic carbocycles. The topological polar surface area (TPSA) is 36.5 Å². The van der Waals surface area contributed by atoms with Gasteiger partial charge in [-0.15, -0.1) is 0 Å². The molecule has 0 saturated heterocycles. The van der Waals surface area contributed by atoms with Crippen LogP contribution in [0.15, 0.2) is 0 Å². The Morgan fingerprint density at radius 3 is 0.714 bits per heavy atom. The van der Waals surface area contributed by atoms with E-state index >= 15 is 0 Å². The Balaban J connectivity index is -0.000000216. The number of unbranched alkanes of at least 4 members (excludes halogenated alkanes) is 4. The normalized spacial score (nSPS) is 11.6. The third-order valence-corrected chi connectivity index (χ3v) is 3.94. The van der Waals surface area contributed by atoms with E-state index in [-0.39, 0.29) is 6.15 Å². The van der Waals surface area contributed by atoms with E-state index < -0.39 is 14.5 Å². The molecule has 0 aromatic heterocycles. The second-order valence-corrected chi connectivity index (χ2v) is 6.64. The van der Waals surface area contributed by atoms with Crippen molar-refractivity contribution in [3.05, 3.63) is 0 Å². The third-order valence-electron chi connectivity index (χ3n) is 3.94. The number of hydrogen-bond donors (Lipinski definition) is 1. The molecule has 28 heavy (non-hydrogen) atoms. The molecule has 0 amide bonds. The van der Waals surface area contributed by atoms with Crippen LogP contribution >= 0.6 is 0 Å². The maximum Gasteiger partial charge on any atom is 0.673 e. The monoisotopic (exact) mass is 434 g/mol. The SMILES string of the molecule is CCCC[N+](CCCC)(CCCC)CCCC.F[B-](F)(F)F.F[B-](F)(F)F.[NH4+]. The molecule has 0 bridgehead atoms. The summed E-state index contributed by atoms with van der Waals surface area (Å²) in [5.74, 6) is 0. The van der Waals surface area contributed by atoms with E-state index in [0.29, 0.717) is 0 Å². The van der Waals surface area contributed by atoms with Crippen molar-refractivity contribution in [2.24, 2.45) is 0 Å². The van der Waals surface area contributed by atoms with E-state index in [4.69, 9.17) is 0 Å². The Labute approximate surface area is 165 Å². The molecule has 0 spiro atoms. The Morgan fingerprint density at radius 1 is 0.464 bits per heavy atom. The first kappa shape index (κ1) is 35.0. The van der Waals surface area contributed by atoms with Crippen molar-refractivity contribution in [3.8, 4) is 0 Å². The Hall–Kier alpha value is -0.510. The predicted molar refractivity (Wildman–Crippen MR) is 106 cm³/mol. The molecular formula is C16H40B2F8N2. The van der Waals surface area contributed by atoms with Crippen molar-refractivity contribution in [2.45, 2.75) is 79.1 Å². The molecule has 0 unspecified atom stereocenters. The zero-order valence-electron chi connectivity index (χ0n) is 18.1. The van der Waals surface area contributed by atoms with E-state index in [2.05, 4.69) is 27.7 Å². The van der Waals surface area contributed by atoms with Gasteiger partial charge in [0, 0.05) is 0 Å². The molecule has 0 heterocycles. The van der Waals surface area contributed by atoms with Gasteiger partial charge >= 0.3 is 14.5 Å². The quantitative estimate of drug-likeness (QED) is 0.184. The highest BCUT2D eigenvalue weighted by Gasteiger charge is 2.24. The van der Waals surface area contributed by atoms with Crippen molar-refractivity contribution in [2.75, 3.05) is 26.2 Å². The lowest BCUT2D eigenvalue weighted by Gasteiger charge is -2.39. The van der Waals surface area contributed by atoms with Crippen LogP contribution < -0.4 is 6.15 Å². The molecule has 0 aromatic carbocycles. The van der Waals surface area contributed by atoms with Crippen LogP contribution in [0.1, 0.15) is 79.1 Å². The van der Waals surface area contributed by atoms with Gasteiger partial charge in [-0.1, -0.05) is 53.4 Å². The van der Waals surface area contributed by atoms with Crippen LogP contribution in [-0.4, -0.2) is 45.2 Å². The zero-order chi connectivity index (χ0) is 22.0. The van der Waals surface area contributed by atoms with Crippen LogP contribution in [0.3, 0.4) is 0 Å². The molecule has 0 aromatic rings. The summed E-state index contributed by atoms with van der Waals surface area (Å²) in [6.07, 6.45) is 11.1. The van der Waals surface area contributed by atoms with Crippen molar-refractivity contribution >= 4 is 14.5 Å². The van der Waals surface area contributed by atoms with E-state index in [1.807, 2.05) is 0 Å². The molecule has 0 saturated carbocycles. The Morgan fingerprint density at radius 2 is 0.607 bits per heavy atom. The zero-order valence-corrected chi connectivity index (χ0v) is 18.1. The van der Waals surface area contributed by atoms with Gasteiger partial charge in [-0.3, -0.25) is 0 Å². The molecule has 12 heteroatoms. The van der Waals surface area contributed by atoms with Gasteiger partial charge in [-0.2, -0.15) is 0 Å². The summed E-state index contributed by atoms with van der Waals surface area (Å²) in [5.41, 5.74) is 0. The van der Waals surface area contributed by atoms with Gasteiger partial charge in [0.15, 0.2) is 0 Å². The van der Waals surface area contributed by atoms with Crippen molar-refractivity contribution in [3.63, 3.8) is 0 Å². The highest BCUT2D eigenvalue weighted by Crippen LogP contribution is 2.16. The van der Waals surface area contributed by atoms with Gasteiger partial charge < -0.3 is 45.2 Å². The van der Waals surface area contributed by atoms with Crippen LogP contribution in [0.25, 0.3) is 0 Å². The number of quaternary nitrogens is 2. The van der Waals surface area contributed by atoms with Gasteiger partial charge in [0.05, 0.1) is 26.2 Å². The molecule has 0 fully saturated rings. The number of nitrogens with zero attached hydrogens (tertiary/aromatic N) is 1. The molecule has 2 nitrogen and oxygen atoms in total. The molecule has 0 aliphatic heterocycles. The van der Waals surface area contributed by atoms with Crippen molar-refractivity contribution < 1.29 is 39.0 Å². The molecule has 0 radical (unpaired) electrons. The first-order valence-electron chi connectivity index (χ1n) is 9.84. The number of hydrogen-bond acceptors (Lipinski definition) is 0. The second-order valence-electron chi connectivity index (χ2n) is 6.64. The number of halogens is 8. The Kier molecular flexibility index (Phi) is 24.7. The largest absolute Gasteiger partial charge is 0.673 e. The lowest BCUT2D eigenvalue weighted by atomic mass is 10.1. The first-order chi connectivity index (χ1) is 12.2. The highest BCUT2D eigenvalue weighted by molar-refractivity contribution is 6.50. The van der Waals surface area contributed by atoms with Gasteiger partial charge in [0.1, 0.15) is 0 Å². The van der Waals surface area contributed by atoms with Gasteiger partial charge in [-0.25, -0.2) is 0 Å². The Bertz CT molecular complexity index is 254. The minimum atomic E-state index is -6.00. The molecular weight excluding hydrogens is 394 g/mol. The van der Waals surface area contributed by atoms with Crippen LogP contribution in [0.5, 0.6) is 0 Å². The summed E-state index contributed by atoms with van der Waals surface area (Å²) in [6.45, 7) is 15.0. The summed E-state index contributed by atoms with van der Waals surface area (Å²) in [6, 6.07) is 0. The summed E-state index contributed by atoms with van der Waals surface area (Å²) in [4.78, 5) is 0. The average Bonchev–Trinajstić information content (AvgIpc) is 2.50. The molecule has 0 atom stereocenters. The predicted octanol–water partition coefficient (Wildman–Crippen LogP) is 7.98. The fourth-order valence-electron chi connectivity index (χ4n) is 2.64. The van der Waals surface area contributed by atoms with Crippen molar-refractivity contribution in [1.29, 1.82) is 0 Å². The maximum atomic E-state index is 9.75. The lowest BCUT2D eigenvalue weighted by Crippen LogP contribution is -2.50. The highest BCUT2D eigenvalue weighted by atomic mass is 19.5. The van der Waals surface area contributed by atoms with E-state index in [1.54, 1.807) is 0 Å². The minimum absolute atomic E-state index is 0. The third kappa shape index (κ3) is 40.2. The van der Waals surface area contributed by atoms with Crippen LogP contribution in [0.2, 0.25) is 0 Å². The minimum Gasteiger partial charge on any atom is -0.418 e. The fraction of sp³-hybridized carbons (Fsp3) is 1.00. The van der Waals surface area contributed by atoms with Crippen LogP contribution in [0, 0.1) is 0 Å². The molecule has 0 rings (SSSR count). The summed E-state index contributed by atoms with van der Waals surface area (Å²) in [7, 11) is -12.0. The van der Waals surface area contributed by atoms with E-state index in [0.717, 1.165) is 0 Å². The first-order valence-corrected chi connectivity index (χ1v) is 9.84. The molecule has 0 aliphatic rings. The summed E-state index contributed by atoms with van der Waals surface area (Å²) >= 11 is 0. The molecule has 4 N–H and O–H groups in total. The molecule has 176 valence electrons. The summed E-state index contributed by atoms with van der Waals surface area (Å²) < 4.78 is 79.4. The second kappa shape index (κ2) is 19.8.